The summed E-state index contributed by atoms with van der Waals surface area (Å²) in [5.41, 5.74) is 7.19. The highest BCUT2D eigenvalue weighted by Crippen LogP contribution is 2.25. The monoisotopic (exact) mass is 262 g/mol. The first-order valence-corrected chi connectivity index (χ1v) is 6.49. The molecule has 0 spiro atoms. The summed E-state index contributed by atoms with van der Waals surface area (Å²) in [6.07, 6.45) is 3.30. The Bertz CT molecular complexity index is 451. The third-order valence-electron chi connectivity index (χ3n) is 3.90. The zero-order valence-electron chi connectivity index (χ0n) is 10.9. The SMILES string of the molecule is COCC1NNC2CN(C(=O)c3ccncc3)CC12. The third kappa shape index (κ3) is 2.34. The number of carbonyl (C=O) groups excluding carboxylic acids is 1. The van der Waals surface area contributed by atoms with Gasteiger partial charge in [-0.2, -0.15) is 0 Å². The van der Waals surface area contributed by atoms with Crippen molar-refractivity contribution < 1.29 is 9.53 Å². The Morgan fingerprint density at radius 2 is 2.21 bits per heavy atom. The number of likely N-dealkylation sites (tertiary alicyclic amines) is 1. The van der Waals surface area contributed by atoms with Crippen molar-refractivity contribution in [3.8, 4) is 0 Å². The molecule has 6 nitrogen and oxygen atoms in total. The lowest BCUT2D eigenvalue weighted by molar-refractivity contribution is 0.0770. The third-order valence-corrected chi connectivity index (χ3v) is 3.90. The number of nitrogens with one attached hydrogen (secondary N) is 2. The molecule has 2 fully saturated rings. The number of hydrogen-bond acceptors (Lipinski definition) is 5. The lowest BCUT2D eigenvalue weighted by atomic mass is 9.98. The fourth-order valence-electron chi connectivity index (χ4n) is 2.90. The standard InChI is InChI=1S/C13H18N4O2/c1-19-8-12-10-6-17(7-11(10)15-16-12)13(18)9-2-4-14-5-3-9/h2-5,10-12,15-16H,6-8H2,1H3. The van der Waals surface area contributed by atoms with Crippen LogP contribution in [0.4, 0.5) is 0 Å². The first-order valence-electron chi connectivity index (χ1n) is 6.49. The molecule has 0 aliphatic carbocycles. The van der Waals surface area contributed by atoms with Crippen LogP contribution in [-0.2, 0) is 4.74 Å². The molecule has 0 bridgehead atoms. The fraction of sp³-hybridized carbons (Fsp3) is 0.538. The van der Waals surface area contributed by atoms with E-state index in [4.69, 9.17) is 4.74 Å². The number of methoxy groups -OCH3 is 1. The van der Waals surface area contributed by atoms with Crippen molar-refractivity contribution in [2.45, 2.75) is 12.1 Å². The van der Waals surface area contributed by atoms with E-state index in [9.17, 15) is 4.79 Å². The number of nitrogens with zero attached hydrogens (tertiary/aromatic N) is 2. The van der Waals surface area contributed by atoms with Crippen LogP contribution in [-0.4, -0.2) is 54.7 Å². The summed E-state index contributed by atoms with van der Waals surface area (Å²) in [7, 11) is 1.70. The van der Waals surface area contributed by atoms with Gasteiger partial charge >= 0.3 is 0 Å². The molecule has 3 unspecified atom stereocenters. The highest BCUT2D eigenvalue weighted by Gasteiger charge is 2.44. The van der Waals surface area contributed by atoms with Crippen LogP contribution in [0, 0.1) is 5.92 Å². The molecule has 2 N–H and O–H groups in total. The quantitative estimate of drug-likeness (QED) is 0.779. The van der Waals surface area contributed by atoms with Gasteiger partial charge in [-0.25, -0.2) is 0 Å². The molecule has 2 saturated heterocycles. The van der Waals surface area contributed by atoms with E-state index in [0.717, 1.165) is 13.1 Å². The van der Waals surface area contributed by atoms with E-state index in [1.54, 1.807) is 31.6 Å². The van der Waals surface area contributed by atoms with Gasteiger partial charge in [-0.05, 0) is 12.1 Å². The Labute approximate surface area is 112 Å². The van der Waals surface area contributed by atoms with Crippen molar-refractivity contribution in [3.05, 3.63) is 30.1 Å². The highest BCUT2D eigenvalue weighted by atomic mass is 16.5. The average Bonchev–Trinajstić information content (AvgIpc) is 3.01. The van der Waals surface area contributed by atoms with E-state index in [0.29, 0.717) is 24.1 Å². The molecule has 1 aromatic heterocycles. The van der Waals surface area contributed by atoms with Gasteiger partial charge in [0.1, 0.15) is 0 Å². The van der Waals surface area contributed by atoms with Crippen LogP contribution >= 0.6 is 0 Å². The van der Waals surface area contributed by atoms with Gasteiger partial charge in [0.2, 0.25) is 0 Å². The second-order valence-corrected chi connectivity index (χ2v) is 5.07. The number of aromatic nitrogens is 1. The molecule has 6 heteroatoms. The number of fused-ring (bicyclic) bond motifs is 1. The van der Waals surface area contributed by atoms with Crippen LogP contribution in [0.3, 0.4) is 0 Å². The zero-order chi connectivity index (χ0) is 13.2. The summed E-state index contributed by atoms with van der Waals surface area (Å²) in [6.45, 7) is 2.16. The van der Waals surface area contributed by atoms with Gasteiger partial charge in [-0.15, -0.1) is 0 Å². The van der Waals surface area contributed by atoms with Crippen molar-refractivity contribution in [2.75, 3.05) is 26.8 Å². The number of ether oxygens (including phenoxy) is 1. The van der Waals surface area contributed by atoms with Gasteiger partial charge in [0.25, 0.3) is 5.91 Å². The minimum atomic E-state index is 0.0785. The predicted molar refractivity (Wildman–Crippen MR) is 69.4 cm³/mol. The molecule has 19 heavy (non-hydrogen) atoms. The van der Waals surface area contributed by atoms with Crippen molar-refractivity contribution in [3.63, 3.8) is 0 Å². The zero-order valence-corrected chi connectivity index (χ0v) is 10.9. The molecule has 1 amide bonds. The molecule has 0 radical (unpaired) electrons. The van der Waals surface area contributed by atoms with E-state index in [-0.39, 0.29) is 11.9 Å². The van der Waals surface area contributed by atoms with Gasteiger partial charge < -0.3 is 9.64 Å². The van der Waals surface area contributed by atoms with Crippen molar-refractivity contribution in [2.24, 2.45) is 5.92 Å². The maximum Gasteiger partial charge on any atom is 0.254 e. The van der Waals surface area contributed by atoms with Crippen LogP contribution < -0.4 is 10.9 Å². The highest BCUT2D eigenvalue weighted by molar-refractivity contribution is 5.94. The summed E-state index contributed by atoms with van der Waals surface area (Å²) in [6, 6.07) is 4.10. The van der Waals surface area contributed by atoms with Crippen LogP contribution in [0.25, 0.3) is 0 Å². The first-order chi connectivity index (χ1) is 9.29. The van der Waals surface area contributed by atoms with E-state index in [2.05, 4.69) is 15.8 Å². The van der Waals surface area contributed by atoms with E-state index in [1.807, 2.05) is 4.90 Å². The second-order valence-electron chi connectivity index (χ2n) is 5.07. The Morgan fingerprint density at radius 1 is 1.42 bits per heavy atom. The largest absolute Gasteiger partial charge is 0.383 e. The molecule has 0 aromatic carbocycles. The Balaban J connectivity index is 1.68. The summed E-state index contributed by atoms with van der Waals surface area (Å²) in [5.74, 6) is 0.487. The van der Waals surface area contributed by atoms with Gasteiger partial charge in [-0.1, -0.05) is 0 Å². The molecule has 3 atom stereocenters. The summed E-state index contributed by atoms with van der Waals surface area (Å²) >= 11 is 0. The number of hydrazine groups is 1. The molecule has 3 heterocycles. The molecular formula is C13H18N4O2. The van der Waals surface area contributed by atoms with Gasteiger partial charge in [-0.3, -0.25) is 20.6 Å². The number of hydrogen-bond donors (Lipinski definition) is 2. The summed E-state index contributed by atoms with van der Waals surface area (Å²) in [5, 5.41) is 0. The van der Waals surface area contributed by atoms with E-state index in [1.165, 1.54) is 0 Å². The van der Waals surface area contributed by atoms with Crippen molar-refractivity contribution >= 4 is 5.91 Å². The lowest BCUT2D eigenvalue weighted by Gasteiger charge is -2.20. The first kappa shape index (κ1) is 12.5. The normalized spacial score (nSPS) is 29.5. The maximum absolute atomic E-state index is 12.4. The van der Waals surface area contributed by atoms with E-state index >= 15 is 0 Å². The van der Waals surface area contributed by atoms with Crippen molar-refractivity contribution in [1.29, 1.82) is 0 Å². The van der Waals surface area contributed by atoms with Crippen LogP contribution in [0.15, 0.2) is 24.5 Å². The Morgan fingerprint density at radius 3 is 2.95 bits per heavy atom. The summed E-state index contributed by atoms with van der Waals surface area (Å²) in [4.78, 5) is 18.2. The number of amides is 1. The van der Waals surface area contributed by atoms with Gasteiger partial charge in [0.15, 0.2) is 0 Å². The number of rotatable bonds is 3. The minimum absolute atomic E-state index is 0.0785. The van der Waals surface area contributed by atoms with E-state index < -0.39 is 0 Å². The van der Waals surface area contributed by atoms with Crippen LogP contribution in [0.5, 0.6) is 0 Å². The molecule has 3 rings (SSSR count). The number of carbonyl (C=O) groups is 1. The van der Waals surface area contributed by atoms with Gasteiger partial charge in [0, 0.05) is 50.1 Å². The molecule has 1 aromatic rings. The van der Waals surface area contributed by atoms with Gasteiger partial charge in [0.05, 0.1) is 12.6 Å². The minimum Gasteiger partial charge on any atom is -0.383 e. The molecule has 0 saturated carbocycles. The molecular weight excluding hydrogens is 244 g/mol. The molecule has 2 aliphatic heterocycles. The smallest absolute Gasteiger partial charge is 0.254 e. The fourth-order valence-corrected chi connectivity index (χ4v) is 2.90. The molecule has 102 valence electrons. The Kier molecular flexibility index (Phi) is 3.46. The lowest BCUT2D eigenvalue weighted by Crippen LogP contribution is -2.42. The summed E-state index contributed by atoms with van der Waals surface area (Å²) < 4.78 is 5.20. The topological polar surface area (TPSA) is 66.5 Å². The predicted octanol–water partition coefficient (Wildman–Crippen LogP) is -0.355. The Hall–Kier alpha value is -1.50. The van der Waals surface area contributed by atoms with Crippen LogP contribution in [0.1, 0.15) is 10.4 Å². The maximum atomic E-state index is 12.4. The van der Waals surface area contributed by atoms with Crippen molar-refractivity contribution in [1.82, 2.24) is 20.7 Å². The average molecular weight is 262 g/mol. The second kappa shape index (κ2) is 5.24. The van der Waals surface area contributed by atoms with Crippen LogP contribution in [0.2, 0.25) is 0 Å². The number of pyridine rings is 1. The molecule has 2 aliphatic rings.